The summed E-state index contributed by atoms with van der Waals surface area (Å²) in [7, 11) is 1.89. The maximum atomic E-state index is 11.9. The summed E-state index contributed by atoms with van der Waals surface area (Å²) in [6.45, 7) is 6.22. The summed E-state index contributed by atoms with van der Waals surface area (Å²) in [5.74, 6) is 0.338. The number of aromatic nitrogens is 2. The van der Waals surface area contributed by atoms with E-state index in [1.54, 1.807) is 0 Å². The van der Waals surface area contributed by atoms with Crippen molar-refractivity contribution in [3.05, 3.63) is 16.6 Å². The molecule has 0 saturated carbocycles. The average Bonchev–Trinajstić information content (AvgIpc) is 2.75. The SMILES string of the molecule is Cn1cc(Br)nc1C1(OCC(=O)OC(C)(C)C)CCONC1. The molecule has 0 spiro atoms. The minimum Gasteiger partial charge on any atom is -0.458 e. The van der Waals surface area contributed by atoms with Crippen LogP contribution < -0.4 is 5.48 Å². The second kappa shape index (κ2) is 6.66. The molecule has 22 heavy (non-hydrogen) atoms. The minimum atomic E-state index is -0.726. The molecule has 1 N–H and O–H groups in total. The molecule has 0 bridgehead atoms. The van der Waals surface area contributed by atoms with Gasteiger partial charge >= 0.3 is 5.97 Å². The Labute approximate surface area is 138 Å². The van der Waals surface area contributed by atoms with Gasteiger partial charge in [-0.3, -0.25) is 0 Å². The van der Waals surface area contributed by atoms with Crippen molar-refractivity contribution in [2.75, 3.05) is 19.8 Å². The van der Waals surface area contributed by atoms with Gasteiger partial charge in [0.05, 0.1) is 13.2 Å². The highest BCUT2D eigenvalue weighted by molar-refractivity contribution is 9.10. The Morgan fingerprint density at radius 1 is 1.59 bits per heavy atom. The van der Waals surface area contributed by atoms with E-state index in [1.165, 1.54) is 0 Å². The number of esters is 1. The van der Waals surface area contributed by atoms with Crippen molar-refractivity contribution in [1.29, 1.82) is 0 Å². The molecule has 0 amide bonds. The zero-order valence-corrected chi connectivity index (χ0v) is 14.9. The highest BCUT2D eigenvalue weighted by Crippen LogP contribution is 2.31. The van der Waals surface area contributed by atoms with Gasteiger partial charge in [0.2, 0.25) is 0 Å². The fourth-order valence-electron chi connectivity index (χ4n) is 2.34. The summed E-state index contributed by atoms with van der Waals surface area (Å²) in [6, 6.07) is 0. The Balaban J connectivity index is 2.13. The number of nitrogens with one attached hydrogen (secondary N) is 1. The van der Waals surface area contributed by atoms with Crippen molar-refractivity contribution >= 4 is 21.9 Å². The number of carbonyl (C=O) groups excluding carboxylic acids is 1. The van der Waals surface area contributed by atoms with Crippen molar-refractivity contribution in [3.63, 3.8) is 0 Å². The van der Waals surface area contributed by atoms with Gasteiger partial charge in [-0.15, -0.1) is 0 Å². The molecule has 1 saturated heterocycles. The van der Waals surface area contributed by atoms with Crippen LogP contribution in [-0.2, 0) is 31.8 Å². The number of imidazole rings is 1. The van der Waals surface area contributed by atoms with E-state index in [0.717, 1.165) is 10.4 Å². The molecule has 124 valence electrons. The third-order valence-corrected chi connectivity index (χ3v) is 3.59. The van der Waals surface area contributed by atoms with Crippen molar-refractivity contribution < 1.29 is 19.1 Å². The quantitative estimate of drug-likeness (QED) is 0.806. The van der Waals surface area contributed by atoms with Crippen LogP contribution in [0.3, 0.4) is 0 Å². The number of ether oxygens (including phenoxy) is 2. The van der Waals surface area contributed by atoms with Gasteiger partial charge in [0.25, 0.3) is 0 Å². The lowest BCUT2D eigenvalue weighted by atomic mass is 9.98. The normalized spacial score (nSPS) is 22.6. The van der Waals surface area contributed by atoms with Crippen LogP contribution >= 0.6 is 15.9 Å². The number of hydroxylamine groups is 1. The van der Waals surface area contributed by atoms with Crippen molar-refractivity contribution in [1.82, 2.24) is 15.0 Å². The molecular formula is C14H22BrN3O4. The van der Waals surface area contributed by atoms with E-state index in [9.17, 15) is 4.79 Å². The van der Waals surface area contributed by atoms with Crippen molar-refractivity contribution in [2.24, 2.45) is 7.05 Å². The average molecular weight is 376 g/mol. The number of rotatable bonds is 4. The molecule has 1 fully saturated rings. The van der Waals surface area contributed by atoms with Gasteiger partial charge < -0.3 is 18.9 Å². The zero-order chi connectivity index (χ0) is 16.4. The topological polar surface area (TPSA) is 74.6 Å². The second-order valence-electron chi connectivity index (χ2n) is 6.29. The minimum absolute atomic E-state index is 0.135. The molecule has 0 aromatic carbocycles. The summed E-state index contributed by atoms with van der Waals surface area (Å²) >= 11 is 3.36. The molecule has 1 unspecified atom stereocenters. The van der Waals surface area contributed by atoms with Crippen LogP contribution in [0.5, 0.6) is 0 Å². The van der Waals surface area contributed by atoms with Gasteiger partial charge in [-0.25, -0.2) is 9.78 Å². The smallest absolute Gasteiger partial charge is 0.332 e. The molecule has 8 heteroatoms. The van der Waals surface area contributed by atoms with Gasteiger partial charge in [-0.2, -0.15) is 5.48 Å². The molecule has 2 heterocycles. The van der Waals surface area contributed by atoms with Gasteiger partial charge in [0, 0.05) is 19.7 Å². The van der Waals surface area contributed by atoms with E-state index in [0.29, 0.717) is 19.6 Å². The summed E-state index contributed by atoms with van der Waals surface area (Å²) in [4.78, 5) is 21.6. The van der Waals surface area contributed by atoms with Gasteiger partial charge in [-0.1, -0.05) is 0 Å². The lowest BCUT2D eigenvalue weighted by Crippen LogP contribution is -2.48. The third kappa shape index (κ3) is 4.28. The van der Waals surface area contributed by atoms with Gasteiger partial charge in [0.1, 0.15) is 28.2 Å². The summed E-state index contributed by atoms with van der Waals surface area (Å²) < 4.78 is 13.8. The van der Waals surface area contributed by atoms with Gasteiger partial charge in [0.15, 0.2) is 0 Å². The first-order valence-corrected chi connectivity index (χ1v) is 7.91. The maximum Gasteiger partial charge on any atom is 0.332 e. The Morgan fingerprint density at radius 2 is 2.32 bits per heavy atom. The number of aryl methyl sites for hydroxylation is 1. The molecule has 0 radical (unpaired) electrons. The molecular weight excluding hydrogens is 354 g/mol. The standard InChI is InChI=1S/C14H22BrN3O4/c1-13(2,3)22-11(19)8-20-14(5-6-21-16-9-14)12-17-10(15)7-18(12)4/h7,16H,5-6,8-9H2,1-4H3. The Kier molecular flexibility index (Phi) is 5.26. The van der Waals surface area contributed by atoms with Crippen LogP contribution in [0.2, 0.25) is 0 Å². The Morgan fingerprint density at radius 3 is 2.82 bits per heavy atom. The first-order chi connectivity index (χ1) is 10.2. The molecule has 7 nitrogen and oxygen atoms in total. The van der Waals surface area contributed by atoms with Crippen molar-refractivity contribution in [3.8, 4) is 0 Å². The van der Waals surface area contributed by atoms with Crippen LogP contribution in [0.4, 0.5) is 0 Å². The summed E-state index contributed by atoms with van der Waals surface area (Å²) in [5, 5.41) is 0. The van der Waals surface area contributed by atoms with Crippen LogP contribution in [0.15, 0.2) is 10.8 Å². The van der Waals surface area contributed by atoms with E-state index in [2.05, 4.69) is 26.4 Å². The van der Waals surface area contributed by atoms with Crippen molar-refractivity contribution in [2.45, 2.75) is 38.4 Å². The van der Waals surface area contributed by atoms with E-state index in [1.807, 2.05) is 38.6 Å². The molecule has 1 aliphatic heterocycles. The highest BCUT2D eigenvalue weighted by atomic mass is 79.9. The van der Waals surface area contributed by atoms with Crippen LogP contribution in [0.25, 0.3) is 0 Å². The monoisotopic (exact) mass is 375 g/mol. The summed E-state index contributed by atoms with van der Waals surface area (Å²) in [5.41, 5.74) is 1.58. The van der Waals surface area contributed by atoms with E-state index in [4.69, 9.17) is 14.3 Å². The lowest BCUT2D eigenvalue weighted by molar-refractivity contribution is -0.180. The molecule has 1 aromatic heterocycles. The molecule has 0 aliphatic carbocycles. The third-order valence-electron chi connectivity index (χ3n) is 3.21. The molecule has 1 aromatic rings. The number of nitrogens with zero attached hydrogens (tertiary/aromatic N) is 2. The first-order valence-electron chi connectivity index (χ1n) is 7.12. The first kappa shape index (κ1) is 17.4. The van der Waals surface area contributed by atoms with Crippen LogP contribution in [0.1, 0.15) is 33.0 Å². The maximum absolute atomic E-state index is 11.9. The largest absolute Gasteiger partial charge is 0.458 e. The fraction of sp³-hybridized carbons (Fsp3) is 0.714. The number of carbonyl (C=O) groups is 1. The molecule has 1 atom stereocenters. The molecule has 1 aliphatic rings. The van der Waals surface area contributed by atoms with Gasteiger partial charge in [-0.05, 0) is 36.7 Å². The highest BCUT2D eigenvalue weighted by Gasteiger charge is 2.40. The van der Waals surface area contributed by atoms with Crippen LogP contribution in [0, 0.1) is 0 Å². The predicted molar refractivity (Wildman–Crippen MR) is 83.0 cm³/mol. The summed E-state index contributed by atoms with van der Waals surface area (Å²) in [6.07, 6.45) is 2.45. The zero-order valence-electron chi connectivity index (χ0n) is 13.3. The van der Waals surface area contributed by atoms with E-state index >= 15 is 0 Å². The fourth-order valence-corrected chi connectivity index (χ4v) is 2.82. The Bertz CT molecular complexity index is 533. The van der Waals surface area contributed by atoms with E-state index in [-0.39, 0.29) is 6.61 Å². The van der Waals surface area contributed by atoms with Crippen LogP contribution in [-0.4, -0.2) is 40.9 Å². The van der Waals surface area contributed by atoms with E-state index < -0.39 is 17.2 Å². The molecule has 2 rings (SSSR count). The lowest BCUT2D eigenvalue weighted by Gasteiger charge is -2.36. The number of hydrogen-bond acceptors (Lipinski definition) is 6. The number of hydrogen-bond donors (Lipinski definition) is 1. The Hall–Kier alpha value is -0.960. The number of halogens is 1. The second-order valence-corrected chi connectivity index (χ2v) is 7.10. The predicted octanol–water partition coefficient (Wildman–Crippen LogP) is 1.66.